The third kappa shape index (κ3) is 3.84. The second-order valence-electron chi connectivity index (χ2n) is 5.55. The maximum Gasteiger partial charge on any atom is 0.422 e. The summed E-state index contributed by atoms with van der Waals surface area (Å²) in [5.41, 5.74) is 2.60. The number of hydrogen-bond donors (Lipinski definition) is 1. The van der Waals surface area contributed by atoms with Crippen LogP contribution in [0, 0.1) is 0 Å². The number of fused-ring (bicyclic) bond motifs is 1. The lowest BCUT2D eigenvalue weighted by molar-refractivity contribution is -0.154. The molecule has 0 spiro atoms. The molecule has 7 heteroatoms. The van der Waals surface area contributed by atoms with Crippen molar-refractivity contribution >= 4 is 5.91 Å². The second kappa shape index (κ2) is 6.51. The molecule has 1 aromatic carbocycles. The zero-order chi connectivity index (χ0) is 17.2. The Morgan fingerprint density at radius 3 is 2.75 bits per heavy atom. The highest BCUT2D eigenvalue weighted by Crippen LogP contribution is 2.30. The molecule has 3 rings (SSSR count). The number of halogens is 3. The van der Waals surface area contributed by atoms with Crippen molar-refractivity contribution in [1.82, 2.24) is 10.3 Å². The molecular weight excluding hydrogens is 321 g/mol. The Kier molecular flexibility index (Phi) is 4.42. The maximum absolute atomic E-state index is 12.3. The SMILES string of the molecule is O=C(NC1CCc2ccccc21)c1ccc(OCC(F)(F)F)nc1. The maximum atomic E-state index is 12.3. The number of hydrogen-bond acceptors (Lipinski definition) is 3. The standard InChI is InChI=1S/C17H15F3N2O2/c18-17(19,20)10-24-15-8-6-12(9-21-15)16(23)22-14-7-5-11-3-1-2-4-13(11)14/h1-4,6,8-9,14H,5,7,10H2,(H,22,23). The number of pyridine rings is 1. The second-order valence-corrected chi connectivity index (χ2v) is 5.55. The first-order chi connectivity index (χ1) is 11.4. The summed E-state index contributed by atoms with van der Waals surface area (Å²) in [6.07, 6.45) is -1.48. The number of ether oxygens (including phenoxy) is 1. The van der Waals surface area contributed by atoms with Crippen LogP contribution in [0.2, 0.25) is 0 Å². The summed E-state index contributed by atoms with van der Waals surface area (Å²) < 4.78 is 40.8. The lowest BCUT2D eigenvalue weighted by Gasteiger charge is -2.14. The molecule has 24 heavy (non-hydrogen) atoms. The molecule has 1 amide bonds. The molecule has 0 bridgehead atoms. The first kappa shape index (κ1) is 16.3. The number of nitrogens with zero attached hydrogens (tertiary/aromatic N) is 1. The van der Waals surface area contributed by atoms with Crippen LogP contribution >= 0.6 is 0 Å². The zero-order valence-electron chi connectivity index (χ0n) is 12.6. The Bertz CT molecular complexity index is 729. The smallest absolute Gasteiger partial charge is 0.422 e. The van der Waals surface area contributed by atoms with Gasteiger partial charge in [-0.25, -0.2) is 4.98 Å². The molecule has 1 aromatic heterocycles. The number of aryl methyl sites for hydroxylation is 1. The summed E-state index contributed by atoms with van der Waals surface area (Å²) >= 11 is 0. The fourth-order valence-corrected chi connectivity index (χ4v) is 2.70. The third-order valence-electron chi connectivity index (χ3n) is 3.82. The Labute approximate surface area is 136 Å². The van der Waals surface area contributed by atoms with E-state index in [1.807, 2.05) is 24.3 Å². The van der Waals surface area contributed by atoms with Crippen LogP contribution in [0.5, 0.6) is 5.88 Å². The normalized spacial score (nSPS) is 16.5. The minimum Gasteiger partial charge on any atom is -0.468 e. The number of carbonyl (C=O) groups is 1. The van der Waals surface area contributed by atoms with Gasteiger partial charge in [-0.15, -0.1) is 0 Å². The van der Waals surface area contributed by atoms with Crippen LogP contribution in [0.15, 0.2) is 42.6 Å². The monoisotopic (exact) mass is 336 g/mol. The van der Waals surface area contributed by atoms with Crippen LogP contribution in [0.4, 0.5) is 13.2 Å². The molecule has 0 saturated heterocycles. The molecule has 1 heterocycles. The van der Waals surface area contributed by atoms with Gasteiger partial charge in [0.2, 0.25) is 5.88 Å². The van der Waals surface area contributed by atoms with E-state index in [1.165, 1.54) is 23.9 Å². The van der Waals surface area contributed by atoms with E-state index >= 15 is 0 Å². The number of nitrogens with one attached hydrogen (secondary N) is 1. The van der Waals surface area contributed by atoms with E-state index in [2.05, 4.69) is 15.0 Å². The first-order valence-electron chi connectivity index (χ1n) is 7.47. The van der Waals surface area contributed by atoms with Gasteiger partial charge in [0.15, 0.2) is 6.61 Å². The van der Waals surface area contributed by atoms with Crippen LogP contribution in [0.1, 0.15) is 33.9 Å². The van der Waals surface area contributed by atoms with Crippen molar-refractivity contribution < 1.29 is 22.7 Å². The molecule has 0 saturated carbocycles. The number of carbonyl (C=O) groups excluding carboxylic acids is 1. The largest absolute Gasteiger partial charge is 0.468 e. The highest BCUT2D eigenvalue weighted by Gasteiger charge is 2.28. The van der Waals surface area contributed by atoms with Crippen molar-refractivity contribution in [3.8, 4) is 5.88 Å². The van der Waals surface area contributed by atoms with Gasteiger partial charge in [-0.05, 0) is 30.0 Å². The van der Waals surface area contributed by atoms with Crippen molar-refractivity contribution in [3.63, 3.8) is 0 Å². The van der Waals surface area contributed by atoms with E-state index in [4.69, 9.17) is 0 Å². The number of aromatic nitrogens is 1. The third-order valence-corrected chi connectivity index (χ3v) is 3.82. The van der Waals surface area contributed by atoms with Crippen molar-refractivity contribution in [1.29, 1.82) is 0 Å². The van der Waals surface area contributed by atoms with Crippen molar-refractivity contribution in [2.75, 3.05) is 6.61 Å². The topological polar surface area (TPSA) is 51.2 Å². The number of benzene rings is 1. The lowest BCUT2D eigenvalue weighted by atomic mass is 10.1. The molecule has 0 radical (unpaired) electrons. The van der Waals surface area contributed by atoms with Crippen LogP contribution in [-0.4, -0.2) is 23.7 Å². The average Bonchev–Trinajstić information content (AvgIpc) is 2.96. The van der Waals surface area contributed by atoms with Gasteiger partial charge in [0, 0.05) is 12.3 Å². The predicted molar refractivity (Wildman–Crippen MR) is 80.8 cm³/mol. The average molecular weight is 336 g/mol. The molecule has 2 aromatic rings. The Hall–Kier alpha value is -2.57. The minimum atomic E-state index is -4.42. The van der Waals surface area contributed by atoms with Gasteiger partial charge in [0.25, 0.3) is 5.91 Å². The molecule has 1 unspecified atom stereocenters. The first-order valence-corrected chi connectivity index (χ1v) is 7.47. The predicted octanol–water partition coefficient (Wildman–Crippen LogP) is 3.44. The molecule has 126 valence electrons. The van der Waals surface area contributed by atoms with Gasteiger partial charge in [-0.2, -0.15) is 13.2 Å². The summed E-state index contributed by atoms with van der Waals surface area (Å²) in [7, 11) is 0. The van der Waals surface area contributed by atoms with Gasteiger partial charge in [0.1, 0.15) is 0 Å². The number of amides is 1. The Morgan fingerprint density at radius 2 is 2.04 bits per heavy atom. The fourth-order valence-electron chi connectivity index (χ4n) is 2.70. The quantitative estimate of drug-likeness (QED) is 0.930. The van der Waals surface area contributed by atoms with Crippen molar-refractivity contribution in [2.45, 2.75) is 25.1 Å². The molecule has 1 aliphatic rings. The summed E-state index contributed by atoms with van der Waals surface area (Å²) in [6, 6.07) is 10.5. The summed E-state index contributed by atoms with van der Waals surface area (Å²) in [5, 5.41) is 2.93. The van der Waals surface area contributed by atoms with Gasteiger partial charge in [0.05, 0.1) is 11.6 Å². The molecular formula is C17H15F3N2O2. The van der Waals surface area contributed by atoms with E-state index in [0.717, 1.165) is 18.4 Å². The van der Waals surface area contributed by atoms with Crippen LogP contribution < -0.4 is 10.1 Å². The van der Waals surface area contributed by atoms with Gasteiger partial charge < -0.3 is 10.1 Å². The van der Waals surface area contributed by atoms with Crippen LogP contribution in [0.3, 0.4) is 0 Å². The molecule has 0 fully saturated rings. The highest BCUT2D eigenvalue weighted by molar-refractivity contribution is 5.94. The molecule has 1 atom stereocenters. The summed E-state index contributed by atoms with van der Waals surface area (Å²) in [4.78, 5) is 16.0. The molecule has 4 nitrogen and oxygen atoms in total. The summed E-state index contributed by atoms with van der Waals surface area (Å²) in [6.45, 7) is -1.41. The van der Waals surface area contributed by atoms with Crippen molar-refractivity contribution in [2.24, 2.45) is 0 Å². The minimum absolute atomic E-state index is 0.0603. The van der Waals surface area contributed by atoms with E-state index in [-0.39, 0.29) is 23.4 Å². The lowest BCUT2D eigenvalue weighted by Crippen LogP contribution is -2.27. The van der Waals surface area contributed by atoms with Gasteiger partial charge >= 0.3 is 6.18 Å². The highest BCUT2D eigenvalue weighted by atomic mass is 19.4. The van der Waals surface area contributed by atoms with E-state index in [1.54, 1.807) is 0 Å². The molecule has 1 aliphatic carbocycles. The Morgan fingerprint density at radius 1 is 1.25 bits per heavy atom. The van der Waals surface area contributed by atoms with E-state index < -0.39 is 12.8 Å². The summed E-state index contributed by atoms with van der Waals surface area (Å²) in [5.74, 6) is -0.485. The number of alkyl halides is 3. The zero-order valence-corrected chi connectivity index (χ0v) is 12.6. The van der Waals surface area contributed by atoms with Gasteiger partial charge in [-0.1, -0.05) is 24.3 Å². The van der Waals surface area contributed by atoms with Crippen molar-refractivity contribution in [3.05, 3.63) is 59.3 Å². The number of rotatable bonds is 4. The van der Waals surface area contributed by atoms with Crippen LogP contribution in [0.25, 0.3) is 0 Å². The van der Waals surface area contributed by atoms with Crippen LogP contribution in [-0.2, 0) is 6.42 Å². The van der Waals surface area contributed by atoms with E-state index in [9.17, 15) is 18.0 Å². The fraction of sp³-hybridized carbons (Fsp3) is 0.294. The molecule has 1 N–H and O–H groups in total. The Balaban J connectivity index is 1.62. The molecule has 0 aliphatic heterocycles. The van der Waals surface area contributed by atoms with E-state index in [0.29, 0.717) is 0 Å². The van der Waals surface area contributed by atoms with Gasteiger partial charge in [-0.3, -0.25) is 4.79 Å².